The van der Waals surface area contributed by atoms with Gasteiger partial charge in [0.05, 0.1) is 30.8 Å². The standard InChI is InChI=1S/C20H18ClN3O5/c1-28-19-8-6-15(24(26)27)10-17(19)22-12-20(25)23-11-16-7-9-18(29-16)13-2-4-14(21)5-3-13/h2-10,22H,11-12H2,1H3,(H,23,25). The number of benzene rings is 2. The molecule has 0 fully saturated rings. The van der Waals surface area contributed by atoms with Crippen molar-refractivity contribution in [3.63, 3.8) is 0 Å². The van der Waals surface area contributed by atoms with Gasteiger partial charge in [0, 0.05) is 22.7 Å². The number of furan rings is 1. The average Bonchev–Trinajstić information content (AvgIpc) is 3.20. The molecule has 0 saturated carbocycles. The Balaban J connectivity index is 1.55. The number of amides is 1. The van der Waals surface area contributed by atoms with E-state index < -0.39 is 4.92 Å². The van der Waals surface area contributed by atoms with Gasteiger partial charge in [-0.15, -0.1) is 0 Å². The first-order valence-corrected chi connectivity index (χ1v) is 9.01. The molecule has 150 valence electrons. The lowest BCUT2D eigenvalue weighted by Gasteiger charge is -2.11. The zero-order valence-electron chi connectivity index (χ0n) is 15.5. The molecule has 0 saturated heterocycles. The Morgan fingerprint density at radius 2 is 1.93 bits per heavy atom. The van der Waals surface area contributed by atoms with Crippen LogP contribution in [0.2, 0.25) is 5.02 Å². The largest absolute Gasteiger partial charge is 0.495 e. The highest BCUT2D eigenvalue weighted by molar-refractivity contribution is 6.30. The Hall–Kier alpha value is -3.52. The molecular weight excluding hydrogens is 398 g/mol. The third-order valence-corrected chi connectivity index (χ3v) is 4.34. The van der Waals surface area contributed by atoms with Gasteiger partial charge in [-0.2, -0.15) is 0 Å². The number of methoxy groups -OCH3 is 1. The molecule has 0 unspecified atom stereocenters. The van der Waals surface area contributed by atoms with E-state index in [9.17, 15) is 14.9 Å². The van der Waals surface area contributed by atoms with Crippen LogP contribution >= 0.6 is 11.6 Å². The summed E-state index contributed by atoms with van der Waals surface area (Å²) in [5.41, 5.74) is 1.14. The number of nitro benzene ring substituents is 1. The van der Waals surface area contributed by atoms with Crippen LogP contribution in [0.1, 0.15) is 5.76 Å². The van der Waals surface area contributed by atoms with Crippen molar-refractivity contribution in [3.8, 4) is 17.1 Å². The van der Waals surface area contributed by atoms with Crippen LogP contribution in [0.4, 0.5) is 11.4 Å². The second-order valence-corrected chi connectivity index (χ2v) is 6.48. The van der Waals surface area contributed by atoms with Crippen molar-refractivity contribution in [2.24, 2.45) is 0 Å². The predicted molar refractivity (Wildman–Crippen MR) is 109 cm³/mol. The molecule has 1 aromatic heterocycles. The molecule has 3 aromatic rings. The van der Waals surface area contributed by atoms with E-state index in [1.165, 1.54) is 25.3 Å². The van der Waals surface area contributed by atoms with Gasteiger partial charge in [-0.3, -0.25) is 14.9 Å². The topological polar surface area (TPSA) is 107 Å². The van der Waals surface area contributed by atoms with Gasteiger partial charge >= 0.3 is 0 Å². The third-order valence-electron chi connectivity index (χ3n) is 4.08. The van der Waals surface area contributed by atoms with Crippen molar-refractivity contribution in [1.29, 1.82) is 0 Å². The quantitative estimate of drug-likeness (QED) is 0.421. The summed E-state index contributed by atoms with van der Waals surface area (Å²) < 4.78 is 10.9. The number of nitrogens with one attached hydrogen (secondary N) is 2. The Morgan fingerprint density at radius 3 is 2.62 bits per heavy atom. The average molecular weight is 416 g/mol. The fourth-order valence-electron chi connectivity index (χ4n) is 2.61. The van der Waals surface area contributed by atoms with Crippen molar-refractivity contribution >= 4 is 28.9 Å². The lowest BCUT2D eigenvalue weighted by atomic mass is 10.2. The minimum absolute atomic E-state index is 0.0811. The van der Waals surface area contributed by atoms with E-state index >= 15 is 0 Å². The molecule has 0 spiro atoms. The van der Waals surface area contributed by atoms with Crippen LogP contribution < -0.4 is 15.4 Å². The molecule has 0 aliphatic rings. The monoisotopic (exact) mass is 415 g/mol. The number of hydrogen-bond acceptors (Lipinski definition) is 6. The molecule has 29 heavy (non-hydrogen) atoms. The Labute approximate surface area is 171 Å². The molecule has 0 bridgehead atoms. The van der Waals surface area contributed by atoms with Gasteiger partial charge in [-0.25, -0.2) is 0 Å². The first-order valence-electron chi connectivity index (χ1n) is 8.64. The van der Waals surface area contributed by atoms with Gasteiger partial charge in [0.2, 0.25) is 5.91 Å². The molecule has 3 rings (SSSR count). The summed E-state index contributed by atoms with van der Waals surface area (Å²) in [7, 11) is 1.45. The number of nitrogens with zero attached hydrogens (tertiary/aromatic N) is 1. The lowest BCUT2D eigenvalue weighted by Crippen LogP contribution is -2.29. The summed E-state index contributed by atoms with van der Waals surface area (Å²) in [6, 6.07) is 15.0. The van der Waals surface area contributed by atoms with E-state index in [0.717, 1.165) is 5.56 Å². The number of hydrogen-bond donors (Lipinski definition) is 2. The Bertz CT molecular complexity index is 1020. The van der Waals surface area contributed by atoms with Crippen molar-refractivity contribution in [2.75, 3.05) is 19.0 Å². The van der Waals surface area contributed by atoms with Crippen molar-refractivity contribution in [2.45, 2.75) is 6.54 Å². The molecule has 0 aliphatic carbocycles. The van der Waals surface area contributed by atoms with E-state index in [0.29, 0.717) is 28.0 Å². The first-order chi connectivity index (χ1) is 14.0. The van der Waals surface area contributed by atoms with Crippen molar-refractivity contribution in [1.82, 2.24) is 5.32 Å². The highest BCUT2D eigenvalue weighted by Gasteiger charge is 2.12. The zero-order chi connectivity index (χ0) is 20.8. The van der Waals surface area contributed by atoms with Crippen LogP contribution in [0.15, 0.2) is 59.0 Å². The number of nitro groups is 1. The summed E-state index contributed by atoms with van der Waals surface area (Å²) in [6.07, 6.45) is 0. The minimum atomic E-state index is -0.514. The number of rotatable bonds is 8. The molecule has 0 aliphatic heterocycles. The fourth-order valence-corrected chi connectivity index (χ4v) is 2.74. The number of halogens is 1. The van der Waals surface area contributed by atoms with Gasteiger partial charge < -0.3 is 19.8 Å². The Morgan fingerprint density at radius 1 is 1.17 bits per heavy atom. The van der Waals surface area contributed by atoms with E-state index in [2.05, 4.69) is 10.6 Å². The van der Waals surface area contributed by atoms with Crippen LogP contribution in [-0.4, -0.2) is 24.5 Å². The lowest BCUT2D eigenvalue weighted by molar-refractivity contribution is -0.384. The molecule has 9 heteroatoms. The van der Waals surface area contributed by atoms with E-state index in [-0.39, 0.29) is 24.7 Å². The summed E-state index contributed by atoms with van der Waals surface area (Å²) in [5, 5.41) is 17.1. The molecule has 0 radical (unpaired) electrons. The zero-order valence-corrected chi connectivity index (χ0v) is 16.2. The summed E-state index contributed by atoms with van der Waals surface area (Å²) in [4.78, 5) is 22.5. The maximum absolute atomic E-state index is 12.1. The SMILES string of the molecule is COc1ccc([N+](=O)[O-])cc1NCC(=O)NCc1ccc(-c2ccc(Cl)cc2)o1. The van der Waals surface area contributed by atoms with Gasteiger partial charge in [-0.05, 0) is 42.5 Å². The number of ether oxygens (including phenoxy) is 1. The number of non-ortho nitro benzene ring substituents is 1. The van der Waals surface area contributed by atoms with Gasteiger partial charge in [0.15, 0.2) is 0 Å². The van der Waals surface area contributed by atoms with Crippen molar-refractivity contribution < 1.29 is 18.9 Å². The molecule has 0 atom stereocenters. The van der Waals surface area contributed by atoms with Crippen LogP contribution in [0.3, 0.4) is 0 Å². The maximum atomic E-state index is 12.1. The number of carbonyl (C=O) groups excluding carboxylic acids is 1. The van der Waals surface area contributed by atoms with Crippen LogP contribution in [-0.2, 0) is 11.3 Å². The number of carbonyl (C=O) groups is 1. The third kappa shape index (κ3) is 5.26. The highest BCUT2D eigenvalue weighted by atomic mass is 35.5. The first kappa shape index (κ1) is 20.2. The smallest absolute Gasteiger partial charge is 0.271 e. The molecular formula is C20H18ClN3O5. The van der Waals surface area contributed by atoms with E-state index in [1.807, 2.05) is 18.2 Å². The van der Waals surface area contributed by atoms with Crippen LogP contribution in [0.25, 0.3) is 11.3 Å². The van der Waals surface area contributed by atoms with Gasteiger partial charge in [0.1, 0.15) is 17.3 Å². The van der Waals surface area contributed by atoms with Crippen molar-refractivity contribution in [3.05, 3.63) is 75.5 Å². The maximum Gasteiger partial charge on any atom is 0.271 e. The van der Waals surface area contributed by atoms with Gasteiger partial charge in [0.25, 0.3) is 5.69 Å². The highest BCUT2D eigenvalue weighted by Crippen LogP contribution is 2.28. The molecule has 1 heterocycles. The molecule has 8 nitrogen and oxygen atoms in total. The van der Waals surface area contributed by atoms with Crippen LogP contribution in [0.5, 0.6) is 5.75 Å². The molecule has 1 amide bonds. The second-order valence-electron chi connectivity index (χ2n) is 6.04. The summed E-state index contributed by atoms with van der Waals surface area (Å²) >= 11 is 5.88. The predicted octanol–water partition coefficient (Wildman–Crippen LogP) is 4.25. The summed E-state index contributed by atoms with van der Waals surface area (Å²) in [5.74, 6) is 1.37. The summed E-state index contributed by atoms with van der Waals surface area (Å²) in [6.45, 7) is 0.127. The van der Waals surface area contributed by atoms with E-state index in [1.54, 1.807) is 18.2 Å². The minimum Gasteiger partial charge on any atom is -0.495 e. The normalized spacial score (nSPS) is 10.4. The van der Waals surface area contributed by atoms with Crippen LogP contribution in [0, 0.1) is 10.1 Å². The second kappa shape index (κ2) is 9.11. The van der Waals surface area contributed by atoms with E-state index in [4.69, 9.17) is 20.8 Å². The fraction of sp³-hybridized carbons (Fsp3) is 0.150. The van der Waals surface area contributed by atoms with Gasteiger partial charge in [-0.1, -0.05) is 11.6 Å². The molecule has 2 N–H and O–H groups in total. The Kier molecular flexibility index (Phi) is 6.36. The number of anilines is 1. The molecule has 2 aromatic carbocycles.